The molecule has 1 aromatic heterocycles. The van der Waals surface area contributed by atoms with E-state index in [-0.39, 0.29) is 11.9 Å². The van der Waals surface area contributed by atoms with Crippen molar-refractivity contribution in [3.05, 3.63) is 55.8 Å². The summed E-state index contributed by atoms with van der Waals surface area (Å²) in [5, 5.41) is 2.04. The van der Waals surface area contributed by atoms with Crippen molar-refractivity contribution in [3.63, 3.8) is 0 Å². The number of hydrogen-bond donors (Lipinski definition) is 0. The monoisotopic (exact) mass is 371 g/mol. The molecule has 1 amide bonds. The third-order valence-electron chi connectivity index (χ3n) is 2.96. The van der Waals surface area contributed by atoms with Crippen LogP contribution in [0.3, 0.4) is 0 Å². The van der Waals surface area contributed by atoms with Crippen LogP contribution >= 0.6 is 33.9 Å². The Morgan fingerprint density at radius 3 is 2.61 bits per heavy atom. The molecular formula is C14H14INOS. The van der Waals surface area contributed by atoms with Gasteiger partial charge in [0, 0.05) is 15.5 Å². The molecule has 2 aromatic rings. The van der Waals surface area contributed by atoms with E-state index in [2.05, 4.69) is 35.6 Å². The van der Waals surface area contributed by atoms with Crippen molar-refractivity contribution in [2.24, 2.45) is 0 Å². The van der Waals surface area contributed by atoms with Crippen LogP contribution in [-0.4, -0.2) is 17.9 Å². The Kier molecular flexibility index (Phi) is 4.40. The second-order valence-electron chi connectivity index (χ2n) is 4.09. The van der Waals surface area contributed by atoms with Gasteiger partial charge in [0.05, 0.1) is 11.6 Å². The van der Waals surface area contributed by atoms with Gasteiger partial charge in [0.1, 0.15) is 0 Å². The number of amides is 1. The highest BCUT2D eigenvalue weighted by Crippen LogP contribution is 2.25. The molecule has 0 radical (unpaired) electrons. The molecule has 0 fully saturated rings. The lowest BCUT2D eigenvalue weighted by molar-refractivity contribution is 0.0744. The maximum atomic E-state index is 12.4. The summed E-state index contributed by atoms with van der Waals surface area (Å²) in [6, 6.07) is 11.9. The van der Waals surface area contributed by atoms with Gasteiger partial charge in [0.2, 0.25) is 0 Å². The van der Waals surface area contributed by atoms with Gasteiger partial charge in [-0.1, -0.05) is 18.2 Å². The maximum absolute atomic E-state index is 12.4. The van der Waals surface area contributed by atoms with E-state index in [0.717, 1.165) is 9.13 Å². The quantitative estimate of drug-likeness (QED) is 0.741. The molecule has 0 aliphatic heterocycles. The average molecular weight is 371 g/mol. The van der Waals surface area contributed by atoms with Gasteiger partial charge in [-0.2, -0.15) is 0 Å². The molecule has 0 N–H and O–H groups in total. The van der Waals surface area contributed by atoms with Crippen LogP contribution in [0.5, 0.6) is 0 Å². The summed E-state index contributed by atoms with van der Waals surface area (Å²) in [6.45, 7) is 2.06. The number of benzene rings is 1. The Morgan fingerprint density at radius 2 is 2.00 bits per heavy atom. The molecule has 18 heavy (non-hydrogen) atoms. The SMILES string of the molecule is CC(c1cccs1)N(C)C(=O)c1ccccc1I. The van der Waals surface area contributed by atoms with Gasteiger partial charge in [-0.05, 0) is 53.1 Å². The second kappa shape index (κ2) is 5.84. The van der Waals surface area contributed by atoms with Crippen molar-refractivity contribution in [1.29, 1.82) is 0 Å². The van der Waals surface area contributed by atoms with Crippen LogP contribution in [-0.2, 0) is 0 Å². The van der Waals surface area contributed by atoms with Gasteiger partial charge in [0.25, 0.3) is 5.91 Å². The number of thiophene rings is 1. The highest BCUT2D eigenvalue weighted by molar-refractivity contribution is 14.1. The van der Waals surface area contributed by atoms with Crippen LogP contribution in [0.25, 0.3) is 0 Å². The van der Waals surface area contributed by atoms with Gasteiger partial charge in [-0.15, -0.1) is 11.3 Å². The zero-order chi connectivity index (χ0) is 13.1. The molecule has 94 valence electrons. The number of hydrogen-bond acceptors (Lipinski definition) is 2. The number of nitrogens with zero attached hydrogens (tertiary/aromatic N) is 1. The largest absolute Gasteiger partial charge is 0.334 e. The Labute approximate surface area is 125 Å². The summed E-state index contributed by atoms with van der Waals surface area (Å²) in [5.41, 5.74) is 0.768. The molecule has 1 heterocycles. The van der Waals surface area contributed by atoms with E-state index in [9.17, 15) is 4.79 Å². The van der Waals surface area contributed by atoms with Crippen LogP contribution in [0.2, 0.25) is 0 Å². The first-order chi connectivity index (χ1) is 8.61. The Hall–Kier alpha value is -0.880. The van der Waals surface area contributed by atoms with Crippen LogP contribution in [0.1, 0.15) is 28.2 Å². The predicted octanol–water partition coefficient (Wildman–Crippen LogP) is 4.19. The van der Waals surface area contributed by atoms with Gasteiger partial charge < -0.3 is 4.90 Å². The molecule has 0 aliphatic carbocycles. The number of rotatable bonds is 3. The summed E-state index contributed by atoms with van der Waals surface area (Å²) in [6.07, 6.45) is 0. The molecule has 2 nitrogen and oxygen atoms in total. The fourth-order valence-corrected chi connectivity index (χ4v) is 3.16. The third-order valence-corrected chi connectivity index (χ3v) is 4.94. The summed E-state index contributed by atoms with van der Waals surface area (Å²) in [5.74, 6) is 0.0703. The minimum atomic E-state index is 0.0703. The van der Waals surface area contributed by atoms with Crippen LogP contribution in [0.4, 0.5) is 0 Å². The third kappa shape index (κ3) is 2.75. The standard InChI is InChI=1S/C14H14INOS/c1-10(13-8-5-9-18-13)16(2)14(17)11-6-3-4-7-12(11)15/h3-10H,1-2H3. The number of carbonyl (C=O) groups excluding carboxylic acids is 1. The molecule has 1 unspecified atom stereocenters. The zero-order valence-corrected chi connectivity index (χ0v) is 13.2. The molecule has 1 aromatic carbocycles. The van der Waals surface area contributed by atoms with E-state index >= 15 is 0 Å². The molecule has 4 heteroatoms. The van der Waals surface area contributed by atoms with E-state index in [1.807, 2.05) is 42.8 Å². The van der Waals surface area contributed by atoms with Gasteiger partial charge in [-0.25, -0.2) is 0 Å². The zero-order valence-electron chi connectivity index (χ0n) is 10.3. The molecule has 0 saturated carbocycles. The van der Waals surface area contributed by atoms with E-state index in [1.165, 1.54) is 4.88 Å². The molecule has 2 rings (SSSR count). The first kappa shape index (κ1) is 13.5. The maximum Gasteiger partial charge on any atom is 0.255 e. The van der Waals surface area contributed by atoms with Crippen molar-refractivity contribution < 1.29 is 4.79 Å². The van der Waals surface area contributed by atoms with Gasteiger partial charge in [-0.3, -0.25) is 4.79 Å². The van der Waals surface area contributed by atoms with Crippen LogP contribution in [0.15, 0.2) is 41.8 Å². The second-order valence-corrected chi connectivity index (χ2v) is 6.23. The normalized spacial score (nSPS) is 12.2. The van der Waals surface area contributed by atoms with E-state index in [4.69, 9.17) is 0 Å². The molecule has 0 saturated heterocycles. The summed E-state index contributed by atoms with van der Waals surface area (Å²) in [4.78, 5) is 15.4. The molecule has 0 bridgehead atoms. The van der Waals surface area contributed by atoms with Crippen molar-refractivity contribution in [2.75, 3.05) is 7.05 Å². The first-order valence-corrected chi connectivity index (χ1v) is 7.62. The van der Waals surface area contributed by atoms with E-state index in [1.54, 1.807) is 16.2 Å². The van der Waals surface area contributed by atoms with E-state index < -0.39 is 0 Å². The first-order valence-electron chi connectivity index (χ1n) is 5.66. The number of halogens is 1. The minimum Gasteiger partial charge on any atom is -0.334 e. The Morgan fingerprint density at radius 1 is 1.28 bits per heavy atom. The van der Waals surface area contributed by atoms with E-state index in [0.29, 0.717) is 0 Å². The Bertz CT molecular complexity index is 538. The van der Waals surface area contributed by atoms with Gasteiger partial charge in [0.15, 0.2) is 0 Å². The molecular weight excluding hydrogens is 357 g/mol. The lowest BCUT2D eigenvalue weighted by Crippen LogP contribution is -2.29. The highest BCUT2D eigenvalue weighted by atomic mass is 127. The van der Waals surface area contributed by atoms with Gasteiger partial charge >= 0.3 is 0 Å². The smallest absolute Gasteiger partial charge is 0.255 e. The average Bonchev–Trinajstić information content (AvgIpc) is 2.90. The highest BCUT2D eigenvalue weighted by Gasteiger charge is 2.20. The predicted molar refractivity (Wildman–Crippen MR) is 84.0 cm³/mol. The topological polar surface area (TPSA) is 20.3 Å². The fraction of sp³-hybridized carbons (Fsp3) is 0.214. The lowest BCUT2D eigenvalue weighted by atomic mass is 10.1. The van der Waals surface area contributed by atoms with Crippen molar-refractivity contribution in [3.8, 4) is 0 Å². The van der Waals surface area contributed by atoms with Crippen molar-refractivity contribution in [1.82, 2.24) is 4.90 Å². The van der Waals surface area contributed by atoms with Crippen molar-refractivity contribution >= 4 is 39.8 Å². The number of carbonyl (C=O) groups is 1. The fourth-order valence-electron chi connectivity index (χ4n) is 1.72. The minimum absolute atomic E-state index is 0.0703. The molecule has 0 aliphatic rings. The summed E-state index contributed by atoms with van der Waals surface area (Å²) >= 11 is 3.88. The molecule has 1 atom stereocenters. The van der Waals surface area contributed by atoms with Crippen LogP contribution in [0, 0.1) is 3.57 Å². The Balaban J connectivity index is 2.22. The van der Waals surface area contributed by atoms with Crippen molar-refractivity contribution in [2.45, 2.75) is 13.0 Å². The summed E-state index contributed by atoms with van der Waals surface area (Å²) < 4.78 is 0.991. The lowest BCUT2D eigenvalue weighted by Gasteiger charge is -2.24. The summed E-state index contributed by atoms with van der Waals surface area (Å²) in [7, 11) is 1.86. The molecule has 0 spiro atoms. The van der Waals surface area contributed by atoms with Crippen LogP contribution < -0.4 is 0 Å².